The van der Waals surface area contributed by atoms with Gasteiger partial charge in [-0.1, -0.05) is 37.5 Å². The van der Waals surface area contributed by atoms with Gasteiger partial charge in [-0.25, -0.2) is 0 Å². The predicted octanol–water partition coefficient (Wildman–Crippen LogP) is 4.04. The van der Waals surface area contributed by atoms with Crippen molar-refractivity contribution in [1.29, 1.82) is 0 Å². The number of amides is 2. The van der Waals surface area contributed by atoms with Crippen LogP contribution in [-0.4, -0.2) is 47.8 Å². The van der Waals surface area contributed by atoms with E-state index in [4.69, 9.17) is 0 Å². The molecule has 158 valence electrons. The van der Waals surface area contributed by atoms with Crippen LogP contribution in [-0.2, 0) is 16.1 Å². The molecule has 1 saturated heterocycles. The molecule has 1 aliphatic heterocycles. The van der Waals surface area contributed by atoms with E-state index in [0.717, 1.165) is 51.0 Å². The summed E-state index contributed by atoms with van der Waals surface area (Å²) in [4.78, 5) is 29.5. The van der Waals surface area contributed by atoms with Crippen LogP contribution in [0.5, 0.6) is 0 Å². The maximum absolute atomic E-state index is 12.9. The van der Waals surface area contributed by atoms with Crippen LogP contribution >= 0.6 is 0 Å². The van der Waals surface area contributed by atoms with Gasteiger partial charge in [0, 0.05) is 43.2 Å². The number of carbonyl (C=O) groups excluding carboxylic acids is 2. The average molecular weight is 398 g/mol. The van der Waals surface area contributed by atoms with Crippen molar-refractivity contribution in [2.24, 2.45) is 11.8 Å². The minimum Gasteiger partial charge on any atom is -0.342 e. The van der Waals surface area contributed by atoms with Crippen molar-refractivity contribution in [2.45, 2.75) is 70.4 Å². The standard InChI is InChI=1S/C24H35N3O2/c1-26(21-8-3-2-4-9-21)17-20-7-5-6-10-22(20)25-23(28)18-13-15-27(16-14-18)24(29)19-11-12-19/h5-7,10,18-19,21H,2-4,8-9,11-17H2,1H3,(H,25,28). The number of likely N-dealkylation sites (tertiary alicyclic amines) is 1. The van der Waals surface area contributed by atoms with Crippen LogP contribution in [0.1, 0.15) is 63.4 Å². The number of rotatable bonds is 6. The second-order valence-electron chi connectivity index (χ2n) is 9.23. The van der Waals surface area contributed by atoms with E-state index in [1.807, 2.05) is 17.0 Å². The summed E-state index contributed by atoms with van der Waals surface area (Å²) in [5.41, 5.74) is 2.13. The average Bonchev–Trinajstić information content (AvgIpc) is 3.61. The van der Waals surface area contributed by atoms with Gasteiger partial charge in [0.2, 0.25) is 11.8 Å². The molecule has 2 saturated carbocycles. The Balaban J connectivity index is 1.32. The summed E-state index contributed by atoms with van der Waals surface area (Å²) in [6.45, 7) is 2.31. The Morgan fingerprint density at radius 3 is 2.34 bits per heavy atom. The number of carbonyl (C=O) groups is 2. The smallest absolute Gasteiger partial charge is 0.227 e. The van der Waals surface area contributed by atoms with Crippen LogP contribution in [0.15, 0.2) is 24.3 Å². The Kier molecular flexibility index (Phi) is 6.53. The lowest BCUT2D eigenvalue weighted by atomic mass is 9.94. The summed E-state index contributed by atoms with van der Waals surface area (Å²) in [6.07, 6.45) is 10.2. The summed E-state index contributed by atoms with van der Waals surface area (Å²) in [6, 6.07) is 8.86. The van der Waals surface area contributed by atoms with E-state index in [0.29, 0.717) is 11.9 Å². The molecule has 1 aromatic rings. The number of benzene rings is 1. The molecule has 1 N–H and O–H groups in total. The fraction of sp³-hybridized carbons (Fsp3) is 0.667. The minimum absolute atomic E-state index is 0.00221. The zero-order valence-electron chi connectivity index (χ0n) is 17.7. The normalized spacial score (nSPS) is 21.4. The molecule has 0 spiro atoms. The molecule has 5 heteroatoms. The number of para-hydroxylation sites is 1. The Morgan fingerprint density at radius 2 is 1.66 bits per heavy atom. The van der Waals surface area contributed by atoms with Crippen LogP contribution in [0.25, 0.3) is 0 Å². The lowest BCUT2D eigenvalue weighted by Gasteiger charge is -2.32. The third kappa shape index (κ3) is 5.19. The van der Waals surface area contributed by atoms with E-state index in [1.54, 1.807) is 0 Å². The minimum atomic E-state index is 0.00221. The maximum Gasteiger partial charge on any atom is 0.227 e. The van der Waals surface area contributed by atoms with Gasteiger partial charge in [-0.3, -0.25) is 14.5 Å². The lowest BCUT2D eigenvalue weighted by molar-refractivity contribution is -0.135. The molecule has 1 heterocycles. The fourth-order valence-corrected chi connectivity index (χ4v) is 4.89. The molecule has 2 aliphatic carbocycles. The van der Waals surface area contributed by atoms with E-state index in [9.17, 15) is 9.59 Å². The zero-order valence-corrected chi connectivity index (χ0v) is 17.7. The first-order valence-corrected chi connectivity index (χ1v) is 11.5. The SMILES string of the molecule is CN(Cc1ccccc1NC(=O)C1CCN(C(=O)C2CC2)CC1)C1CCCCC1. The Morgan fingerprint density at radius 1 is 0.966 bits per heavy atom. The summed E-state index contributed by atoms with van der Waals surface area (Å²) in [7, 11) is 2.21. The van der Waals surface area contributed by atoms with Crippen molar-refractivity contribution in [2.75, 3.05) is 25.5 Å². The maximum atomic E-state index is 12.9. The summed E-state index contributed by atoms with van der Waals surface area (Å²) < 4.78 is 0. The molecule has 3 fully saturated rings. The van der Waals surface area contributed by atoms with Crippen LogP contribution < -0.4 is 5.32 Å². The number of hydrogen-bond acceptors (Lipinski definition) is 3. The first kappa shape index (κ1) is 20.4. The van der Waals surface area contributed by atoms with Crippen molar-refractivity contribution in [3.05, 3.63) is 29.8 Å². The number of hydrogen-bond donors (Lipinski definition) is 1. The predicted molar refractivity (Wildman–Crippen MR) is 115 cm³/mol. The second-order valence-corrected chi connectivity index (χ2v) is 9.23. The number of nitrogens with one attached hydrogen (secondary N) is 1. The van der Waals surface area contributed by atoms with E-state index < -0.39 is 0 Å². The quantitative estimate of drug-likeness (QED) is 0.788. The van der Waals surface area contributed by atoms with Gasteiger partial charge in [-0.15, -0.1) is 0 Å². The van der Waals surface area contributed by atoms with Crippen molar-refractivity contribution >= 4 is 17.5 Å². The highest BCUT2D eigenvalue weighted by Crippen LogP contribution is 2.33. The zero-order chi connectivity index (χ0) is 20.2. The van der Waals surface area contributed by atoms with Gasteiger partial charge in [0.05, 0.1) is 0 Å². The van der Waals surface area contributed by atoms with Crippen molar-refractivity contribution < 1.29 is 9.59 Å². The van der Waals surface area contributed by atoms with E-state index in [-0.39, 0.29) is 17.7 Å². The second kappa shape index (κ2) is 9.29. The molecular weight excluding hydrogens is 362 g/mol. The molecule has 0 bridgehead atoms. The molecule has 2 amide bonds. The van der Waals surface area contributed by atoms with E-state index in [2.05, 4.69) is 29.4 Å². The van der Waals surface area contributed by atoms with Crippen molar-refractivity contribution in [3.63, 3.8) is 0 Å². The highest BCUT2D eigenvalue weighted by molar-refractivity contribution is 5.93. The molecule has 1 aromatic carbocycles. The third-order valence-corrected chi connectivity index (χ3v) is 7.00. The summed E-state index contributed by atoms with van der Waals surface area (Å²) >= 11 is 0. The lowest BCUT2D eigenvalue weighted by Crippen LogP contribution is -2.42. The first-order valence-electron chi connectivity index (χ1n) is 11.5. The molecule has 5 nitrogen and oxygen atoms in total. The fourth-order valence-electron chi connectivity index (χ4n) is 4.89. The van der Waals surface area contributed by atoms with Crippen LogP contribution in [0.4, 0.5) is 5.69 Å². The van der Waals surface area contributed by atoms with Gasteiger partial charge in [-0.2, -0.15) is 0 Å². The van der Waals surface area contributed by atoms with Gasteiger partial charge in [0.25, 0.3) is 0 Å². The Hall–Kier alpha value is -1.88. The molecule has 29 heavy (non-hydrogen) atoms. The number of anilines is 1. The van der Waals surface area contributed by atoms with Gasteiger partial charge in [-0.05, 0) is 57.2 Å². The van der Waals surface area contributed by atoms with E-state index in [1.165, 1.54) is 37.7 Å². The molecule has 0 atom stereocenters. The molecule has 0 unspecified atom stereocenters. The van der Waals surface area contributed by atoms with Gasteiger partial charge in [0.15, 0.2) is 0 Å². The van der Waals surface area contributed by atoms with Crippen LogP contribution in [0, 0.1) is 11.8 Å². The van der Waals surface area contributed by atoms with E-state index >= 15 is 0 Å². The molecule has 4 rings (SSSR count). The van der Waals surface area contributed by atoms with Crippen molar-refractivity contribution in [3.8, 4) is 0 Å². The van der Waals surface area contributed by atoms with Gasteiger partial charge >= 0.3 is 0 Å². The van der Waals surface area contributed by atoms with Gasteiger partial charge in [0.1, 0.15) is 0 Å². The summed E-state index contributed by atoms with van der Waals surface area (Å²) in [5.74, 6) is 0.687. The number of nitrogens with zero attached hydrogens (tertiary/aromatic N) is 2. The third-order valence-electron chi connectivity index (χ3n) is 7.00. The highest BCUT2D eigenvalue weighted by Gasteiger charge is 2.36. The first-order chi connectivity index (χ1) is 14.1. The Labute approximate surface area is 174 Å². The highest BCUT2D eigenvalue weighted by atomic mass is 16.2. The van der Waals surface area contributed by atoms with Gasteiger partial charge < -0.3 is 10.2 Å². The topological polar surface area (TPSA) is 52.7 Å². The monoisotopic (exact) mass is 397 g/mol. The van der Waals surface area contributed by atoms with Crippen LogP contribution in [0.3, 0.4) is 0 Å². The largest absolute Gasteiger partial charge is 0.342 e. The summed E-state index contributed by atoms with van der Waals surface area (Å²) in [5, 5.41) is 3.20. The van der Waals surface area contributed by atoms with Crippen molar-refractivity contribution in [1.82, 2.24) is 9.80 Å². The molecule has 0 radical (unpaired) electrons. The Bertz CT molecular complexity index is 717. The molecular formula is C24H35N3O2. The molecule has 3 aliphatic rings. The van der Waals surface area contributed by atoms with Crippen LogP contribution in [0.2, 0.25) is 0 Å². The number of piperidine rings is 1. The molecule has 0 aromatic heterocycles.